The molecule has 0 saturated heterocycles. The second-order valence-electron chi connectivity index (χ2n) is 9.31. The Morgan fingerprint density at radius 3 is 2.09 bits per heavy atom. The van der Waals surface area contributed by atoms with Gasteiger partial charge in [0.25, 0.3) is 0 Å². The van der Waals surface area contributed by atoms with Crippen molar-refractivity contribution >= 4 is 28.7 Å². The van der Waals surface area contributed by atoms with Crippen LogP contribution in [0.15, 0.2) is 54.6 Å². The number of ether oxygens (including phenoxy) is 2. The third-order valence-electron chi connectivity index (χ3n) is 4.51. The molecule has 2 aromatic rings. The van der Waals surface area contributed by atoms with E-state index in [4.69, 9.17) is 18.7 Å². The van der Waals surface area contributed by atoms with Crippen molar-refractivity contribution < 1.29 is 32.3 Å². The lowest BCUT2D eigenvalue weighted by atomic mass is 10.2. The molecule has 0 radical (unpaired) electrons. The first kappa shape index (κ1) is 26.8. The largest absolute Gasteiger partial charge is 0.494 e. The standard InChI is InChI=1S/C24H32F2O5Si2/c1-32(2,3)31-33(4,5)18-6-17-29-21-14-10-20(11-15-21)24(25,26)30-22-12-7-19(8-13-22)9-16-23(27)28/h7-16H,6,17-18H2,1-5H3,(H,27,28)/b16-9+. The van der Waals surface area contributed by atoms with Gasteiger partial charge in [-0.25, -0.2) is 4.79 Å². The Balaban J connectivity index is 1.88. The highest BCUT2D eigenvalue weighted by Gasteiger charge is 2.34. The fourth-order valence-corrected chi connectivity index (χ4v) is 11.4. The summed E-state index contributed by atoms with van der Waals surface area (Å²) < 4.78 is 46.0. The van der Waals surface area contributed by atoms with Crippen molar-refractivity contribution in [1.29, 1.82) is 0 Å². The molecule has 0 fully saturated rings. The van der Waals surface area contributed by atoms with Crippen molar-refractivity contribution in [3.8, 4) is 11.5 Å². The van der Waals surface area contributed by atoms with E-state index >= 15 is 0 Å². The van der Waals surface area contributed by atoms with Gasteiger partial charge in [0.15, 0.2) is 16.6 Å². The van der Waals surface area contributed by atoms with E-state index in [1.807, 2.05) is 0 Å². The number of carboxylic acids is 1. The molecule has 0 heterocycles. The molecule has 9 heteroatoms. The number of aliphatic carboxylic acids is 1. The molecule has 180 valence electrons. The minimum absolute atomic E-state index is 0.0277. The summed E-state index contributed by atoms with van der Waals surface area (Å²) >= 11 is 0. The normalized spacial score (nSPS) is 12.7. The van der Waals surface area contributed by atoms with Crippen LogP contribution in [0.3, 0.4) is 0 Å². The minimum Gasteiger partial charge on any atom is -0.494 e. The van der Waals surface area contributed by atoms with Crippen molar-refractivity contribution in [1.82, 2.24) is 0 Å². The molecule has 2 aromatic carbocycles. The number of hydrogen-bond acceptors (Lipinski definition) is 4. The first-order chi connectivity index (χ1) is 15.3. The summed E-state index contributed by atoms with van der Waals surface area (Å²) in [5.41, 5.74) is 0.273. The Bertz CT molecular complexity index is 937. The fourth-order valence-electron chi connectivity index (χ4n) is 3.33. The Kier molecular flexibility index (Phi) is 8.99. The van der Waals surface area contributed by atoms with E-state index in [9.17, 15) is 13.6 Å². The molecule has 0 bridgehead atoms. The fraction of sp³-hybridized carbons (Fsp3) is 0.375. The molecule has 0 aliphatic carbocycles. The van der Waals surface area contributed by atoms with Gasteiger partial charge in [-0.3, -0.25) is 0 Å². The summed E-state index contributed by atoms with van der Waals surface area (Å²) in [5, 5.41) is 8.64. The monoisotopic (exact) mass is 494 g/mol. The SMILES string of the molecule is C[Si](C)(C)O[Si](C)(C)CCCOc1ccc(C(F)(F)Oc2ccc(/C=C/C(=O)O)cc2)cc1. The van der Waals surface area contributed by atoms with Crippen LogP contribution in [0.25, 0.3) is 6.08 Å². The summed E-state index contributed by atoms with van der Waals surface area (Å²) in [4.78, 5) is 10.5. The van der Waals surface area contributed by atoms with Crippen LogP contribution in [0.2, 0.25) is 38.8 Å². The van der Waals surface area contributed by atoms with Crippen molar-refractivity contribution in [2.24, 2.45) is 0 Å². The van der Waals surface area contributed by atoms with Gasteiger partial charge in [-0.1, -0.05) is 12.1 Å². The summed E-state index contributed by atoms with van der Waals surface area (Å²) in [5.74, 6) is -0.592. The number of rotatable bonds is 12. The third-order valence-corrected chi connectivity index (χ3v) is 10.7. The zero-order valence-corrected chi connectivity index (χ0v) is 21.7. The summed E-state index contributed by atoms with van der Waals surface area (Å²) in [6.45, 7) is 11.5. The topological polar surface area (TPSA) is 65.0 Å². The molecular formula is C24H32F2O5Si2. The van der Waals surface area contributed by atoms with E-state index < -0.39 is 28.7 Å². The smallest absolute Gasteiger partial charge is 0.426 e. The van der Waals surface area contributed by atoms with Gasteiger partial charge < -0.3 is 18.7 Å². The Morgan fingerprint density at radius 2 is 1.55 bits per heavy atom. The summed E-state index contributed by atoms with van der Waals surface area (Å²) in [7, 11) is -3.29. The van der Waals surface area contributed by atoms with Crippen LogP contribution >= 0.6 is 0 Å². The summed E-state index contributed by atoms with van der Waals surface area (Å²) in [6, 6.07) is 12.3. The Labute approximate surface area is 196 Å². The molecule has 0 aliphatic heterocycles. The van der Waals surface area contributed by atoms with E-state index in [-0.39, 0.29) is 11.3 Å². The number of carbonyl (C=O) groups is 1. The molecule has 0 aliphatic rings. The van der Waals surface area contributed by atoms with Crippen LogP contribution < -0.4 is 9.47 Å². The highest BCUT2D eigenvalue weighted by molar-refractivity contribution is 6.84. The van der Waals surface area contributed by atoms with Crippen LogP contribution in [-0.4, -0.2) is 34.3 Å². The lowest BCUT2D eigenvalue weighted by Crippen LogP contribution is -2.42. The molecule has 33 heavy (non-hydrogen) atoms. The quantitative estimate of drug-likeness (QED) is 0.201. The second-order valence-corrected chi connectivity index (χ2v) is 18.4. The van der Waals surface area contributed by atoms with Gasteiger partial charge >= 0.3 is 12.1 Å². The molecule has 0 saturated carbocycles. The predicted molar refractivity (Wildman–Crippen MR) is 131 cm³/mol. The van der Waals surface area contributed by atoms with Gasteiger partial charge in [0.2, 0.25) is 0 Å². The lowest BCUT2D eigenvalue weighted by molar-refractivity contribution is -0.185. The van der Waals surface area contributed by atoms with Crippen molar-refractivity contribution in [3.63, 3.8) is 0 Å². The number of benzene rings is 2. The van der Waals surface area contributed by atoms with Gasteiger partial charge in [-0.15, -0.1) is 0 Å². The van der Waals surface area contributed by atoms with E-state index in [1.54, 1.807) is 0 Å². The molecule has 0 unspecified atom stereocenters. The van der Waals surface area contributed by atoms with Gasteiger partial charge in [-0.2, -0.15) is 8.78 Å². The molecule has 0 atom stereocenters. The maximum absolute atomic E-state index is 14.5. The van der Waals surface area contributed by atoms with E-state index in [1.165, 1.54) is 54.6 Å². The Hall–Kier alpha value is -2.50. The lowest BCUT2D eigenvalue weighted by Gasteiger charge is -2.31. The average molecular weight is 495 g/mol. The number of hydrogen-bond donors (Lipinski definition) is 1. The van der Waals surface area contributed by atoms with E-state index in [2.05, 4.69) is 32.7 Å². The summed E-state index contributed by atoms with van der Waals surface area (Å²) in [6.07, 6.45) is -0.341. The van der Waals surface area contributed by atoms with Crippen LogP contribution in [0.4, 0.5) is 8.78 Å². The molecule has 0 amide bonds. The zero-order chi connectivity index (χ0) is 24.7. The maximum atomic E-state index is 14.5. The van der Waals surface area contributed by atoms with Gasteiger partial charge in [0.05, 0.1) is 12.2 Å². The predicted octanol–water partition coefficient (Wildman–Crippen LogP) is 6.74. The molecule has 5 nitrogen and oxygen atoms in total. The number of alkyl halides is 2. The van der Waals surface area contributed by atoms with E-state index in [0.717, 1.165) is 18.5 Å². The van der Waals surface area contributed by atoms with Gasteiger partial charge in [0, 0.05) is 6.08 Å². The van der Waals surface area contributed by atoms with Crippen molar-refractivity contribution in [2.45, 2.75) is 51.3 Å². The van der Waals surface area contributed by atoms with Gasteiger partial charge in [0.1, 0.15) is 11.5 Å². The van der Waals surface area contributed by atoms with Crippen LogP contribution in [-0.2, 0) is 15.0 Å². The van der Waals surface area contributed by atoms with Crippen molar-refractivity contribution in [2.75, 3.05) is 6.61 Å². The highest BCUT2D eigenvalue weighted by Crippen LogP contribution is 2.32. The minimum atomic E-state index is -3.53. The highest BCUT2D eigenvalue weighted by atomic mass is 28.4. The van der Waals surface area contributed by atoms with Crippen LogP contribution in [0.1, 0.15) is 17.5 Å². The first-order valence-corrected chi connectivity index (χ1v) is 17.3. The molecular weight excluding hydrogens is 462 g/mol. The number of halogens is 2. The van der Waals surface area contributed by atoms with Gasteiger partial charge in [-0.05, 0) is 93.2 Å². The van der Waals surface area contributed by atoms with E-state index in [0.29, 0.717) is 17.9 Å². The van der Waals surface area contributed by atoms with Crippen molar-refractivity contribution in [3.05, 3.63) is 65.7 Å². The Morgan fingerprint density at radius 1 is 0.970 bits per heavy atom. The first-order valence-electron chi connectivity index (χ1n) is 10.8. The molecule has 0 aromatic heterocycles. The maximum Gasteiger partial charge on any atom is 0.426 e. The second kappa shape index (κ2) is 11.1. The molecule has 1 N–H and O–H groups in total. The zero-order valence-electron chi connectivity index (χ0n) is 19.7. The number of carboxylic acid groups (broad SMARTS) is 1. The molecule has 2 rings (SSSR count). The third kappa shape index (κ3) is 9.89. The van der Waals surface area contributed by atoms with Crippen LogP contribution in [0, 0.1) is 0 Å². The van der Waals surface area contributed by atoms with Crippen LogP contribution in [0.5, 0.6) is 11.5 Å². The average Bonchev–Trinajstić information content (AvgIpc) is 2.69. The molecule has 0 spiro atoms.